The van der Waals surface area contributed by atoms with Crippen LogP contribution in [0.25, 0.3) is 0 Å². The Bertz CT molecular complexity index is 381. The molecular formula is C15H22O. The Labute approximate surface area is 98.2 Å². The van der Waals surface area contributed by atoms with Gasteiger partial charge in [-0.2, -0.15) is 0 Å². The molecule has 0 unspecified atom stereocenters. The SMILES string of the molecule is C=C[C@]1(O)C[C@H]2CC(=C)[C@@H]3CC(C)(C)C[C@]231. The van der Waals surface area contributed by atoms with Crippen LogP contribution in [-0.4, -0.2) is 10.7 Å². The van der Waals surface area contributed by atoms with Gasteiger partial charge in [-0.25, -0.2) is 0 Å². The van der Waals surface area contributed by atoms with Crippen LogP contribution in [0.15, 0.2) is 24.8 Å². The average molecular weight is 218 g/mol. The first-order valence-corrected chi connectivity index (χ1v) is 6.38. The number of hydrogen-bond acceptors (Lipinski definition) is 1. The van der Waals surface area contributed by atoms with Crippen LogP contribution in [0.3, 0.4) is 0 Å². The zero-order chi connectivity index (χ0) is 11.8. The number of hydrogen-bond donors (Lipinski definition) is 1. The topological polar surface area (TPSA) is 20.2 Å². The molecule has 1 heteroatoms. The predicted molar refractivity (Wildman–Crippen MR) is 65.9 cm³/mol. The maximum Gasteiger partial charge on any atom is 0.0892 e. The van der Waals surface area contributed by atoms with Crippen molar-refractivity contribution in [2.75, 3.05) is 0 Å². The van der Waals surface area contributed by atoms with E-state index in [1.165, 1.54) is 12.0 Å². The molecule has 3 fully saturated rings. The van der Waals surface area contributed by atoms with E-state index in [1.807, 2.05) is 0 Å². The zero-order valence-corrected chi connectivity index (χ0v) is 10.4. The van der Waals surface area contributed by atoms with Crippen molar-refractivity contribution in [2.24, 2.45) is 22.7 Å². The smallest absolute Gasteiger partial charge is 0.0892 e. The van der Waals surface area contributed by atoms with Crippen molar-refractivity contribution in [3.8, 4) is 0 Å². The Morgan fingerprint density at radius 2 is 2.06 bits per heavy atom. The second-order valence-electron chi connectivity index (χ2n) is 7.03. The summed E-state index contributed by atoms with van der Waals surface area (Å²) in [6, 6.07) is 0. The molecule has 3 aliphatic carbocycles. The average Bonchev–Trinajstić information content (AvgIpc) is 2.60. The molecule has 1 nitrogen and oxygen atoms in total. The number of aliphatic hydroxyl groups is 1. The molecule has 0 saturated heterocycles. The van der Waals surface area contributed by atoms with Crippen LogP contribution in [0.1, 0.15) is 39.5 Å². The molecule has 16 heavy (non-hydrogen) atoms. The molecular weight excluding hydrogens is 196 g/mol. The van der Waals surface area contributed by atoms with Gasteiger partial charge < -0.3 is 5.11 Å². The molecule has 0 heterocycles. The maximum absolute atomic E-state index is 10.7. The predicted octanol–water partition coefficient (Wildman–Crippen LogP) is 3.31. The van der Waals surface area contributed by atoms with Crippen LogP contribution >= 0.6 is 0 Å². The second kappa shape index (κ2) is 2.64. The normalized spacial score (nSPS) is 53.1. The highest BCUT2D eigenvalue weighted by molar-refractivity contribution is 5.36. The molecule has 0 bridgehead atoms. The van der Waals surface area contributed by atoms with Crippen LogP contribution in [0.5, 0.6) is 0 Å². The van der Waals surface area contributed by atoms with Crippen molar-refractivity contribution in [1.82, 2.24) is 0 Å². The van der Waals surface area contributed by atoms with Crippen LogP contribution in [0.4, 0.5) is 0 Å². The van der Waals surface area contributed by atoms with Crippen molar-refractivity contribution < 1.29 is 5.11 Å². The summed E-state index contributed by atoms with van der Waals surface area (Å²) in [6.07, 6.45) is 6.17. The van der Waals surface area contributed by atoms with E-state index in [9.17, 15) is 5.11 Å². The lowest BCUT2D eigenvalue weighted by atomic mass is 9.48. The molecule has 0 aromatic carbocycles. The summed E-state index contributed by atoms with van der Waals surface area (Å²) in [5.41, 5.74) is 1.21. The molecule has 88 valence electrons. The number of allylic oxidation sites excluding steroid dienone is 1. The summed E-state index contributed by atoms with van der Waals surface area (Å²) in [4.78, 5) is 0. The molecule has 0 aromatic rings. The third-order valence-corrected chi connectivity index (χ3v) is 5.58. The lowest BCUT2D eigenvalue weighted by molar-refractivity contribution is -0.179. The Kier molecular flexibility index (Phi) is 1.75. The lowest BCUT2D eigenvalue weighted by Gasteiger charge is -2.58. The van der Waals surface area contributed by atoms with E-state index < -0.39 is 5.60 Å². The summed E-state index contributed by atoms with van der Waals surface area (Å²) in [7, 11) is 0. The van der Waals surface area contributed by atoms with Crippen LogP contribution in [0, 0.1) is 22.7 Å². The summed E-state index contributed by atoms with van der Waals surface area (Å²) >= 11 is 0. The van der Waals surface area contributed by atoms with Crippen LogP contribution in [0.2, 0.25) is 0 Å². The van der Waals surface area contributed by atoms with Crippen molar-refractivity contribution in [1.29, 1.82) is 0 Å². The minimum Gasteiger partial charge on any atom is -0.385 e. The van der Waals surface area contributed by atoms with Gasteiger partial charge in [0.25, 0.3) is 0 Å². The lowest BCUT2D eigenvalue weighted by Crippen LogP contribution is -2.61. The van der Waals surface area contributed by atoms with Gasteiger partial charge in [0, 0.05) is 5.41 Å². The molecule has 0 radical (unpaired) electrons. The molecule has 3 saturated carbocycles. The molecule has 0 amide bonds. The highest BCUT2D eigenvalue weighted by atomic mass is 16.3. The van der Waals surface area contributed by atoms with Crippen molar-refractivity contribution >= 4 is 0 Å². The Morgan fingerprint density at radius 3 is 2.69 bits per heavy atom. The van der Waals surface area contributed by atoms with E-state index in [1.54, 1.807) is 6.08 Å². The largest absolute Gasteiger partial charge is 0.385 e. The van der Waals surface area contributed by atoms with Gasteiger partial charge in [-0.15, -0.1) is 6.58 Å². The summed E-state index contributed by atoms with van der Waals surface area (Å²) in [6.45, 7) is 12.8. The Morgan fingerprint density at radius 1 is 1.38 bits per heavy atom. The minimum absolute atomic E-state index is 0.0926. The second-order valence-corrected chi connectivity index (χ2v) is 7.03. The first-order chi connectivity index (χ1) is 7.35. The van der Waals surface area contributed by atoms with Gasteiger partial charge in [-0.05, 0) is 42.9 Å². The summed E-state index contributed by atoms with van der Waals surface area (Å²) < 4.78 is 0. The molecule has 3 rings (SSSR count). The zero-order valence-electron chi connectivity index (χ0n) is 10.4. The molecule has 3 aliphatic rings. The van der Waals surface area contributed by atoms with Gasteiger partial charge in [-0.3, -0.25) is 0 Å². The third kappa shape index (κ3) is 0.924. The first kappa shape index (κ1) is 10.6. The van der Waals surface area contributed by atoms with Crippen LogP contribution < -0.4 is 0 Å². The van der Waals surface area contributed by atoms with Gasteiger partial charge >= 0.3 is 0 Å². The fourth-order valence-electron chi connectivity index (χ4n) is 5.07. The molecule has 0 aliphatic heterocycles. The first-order valence-electron chi connectivity index (χ1n) is 6.38. The van der Waals surface area contributed by atoms with Crippen molar-refractivity contribution in [3.63, 3.8) is 0 Å². The van der Waals surface area contributed by atoms with Crippen LogP contribution in [-0.2, 0) is 0 Å². The van der Waals surface area contributed by atoms with E-state index in [-0.39, 0.29) is 5.41 Å². The summed E-state index contributed by atoms with van der Waals surface area (Å²) in [5.74, 6) is 1.19. The third-order valence-electron chi connectivity index (χ3n) is 5.58. The molecule has 1 spiro atoms. The Hall–Kier alpha value is -0.560. The minimum atomic E-state index is -0.616. The van der Waals surface area contributed by atoms with E-state index >= 15 is 0 Å². The van der Waals surface area contributed by atoms with Gasteiger partial charge in [0.1, 0.15) is 0 Å². The van der Waals surface area contributed by atoms with Gasteiger partial charge in [0.2, 0.25) is 0 Å². The fraction of sp³-hybridized carbons (Fsp3) is 0.733. The van der Waals surface area contributed by atoms with Gasteiger partial charge in [0.15, 0.2) is 0 Å². The molecule has 0 aromatic heterocycles. The van der Waals surface area contributed by atoms with Crippen molar-refractivity contribution in [2.45, 2.75) is 45.1 Å². The molecule has 1 N–H and O–H groups in total. The van der Waals surface area contributed by atoms with E-state index in [0.29, 0.717) is 17.3 Å². The van der Waals surface area contributed by atoms with Gasteiger partial charge in [-0.1, -0.05) is 32.1 Å². The maximum atomic E-state index is 10.7. The quantitative estimate of drug-likeness (QED) is 0.669. The molecule has 4 atom stereocenters. The highest BCUT2D eigenvalue weighted by Gasteiger charge is 2.73. The number of rotatable bonds is 1. The fourth-order valence-corrected chi connectivity index (χ4v) is 5.07. The van der Waals surface area contributed by atoms with E-state index in [0.717, 1.165) is 19.3 Å². The van der Waals surface area contributed by atoms with E-state index in [4.69, 9.17) is 0 Å². The highest BCUT2D eigenvalue weighted by Crippen LogP contribution is 2.76. The van der Waals surface area contributed by atoms with Crippen molar-refractivity contribution in [3.05, 3.63) is 24.8 Å². The van der Waals surface area contributed by atoms with E-state index in [2.05, 4.69) is 27.0 Å². The Balaban J connectivity index is 2.08. The summed E-state index contributed by atoms with van der Waals surface area (Å²) in [5, 5.41) is 10.7. The monoisotopic (exact) mass is 218 g/mol. The van der Waals surface area contributed by atoms with Gasteiger partial charge in [0.05, 0.1) is 5.60 Å². The standard InChI is InChI=1S/C15H22O/c1-5-14(16)7-11-6-10(2)12-8-13(3,4)9-15(11,12)14/h5,11-12,16H,1-2,6-9H2,3-4H3/t11-,12+,14+,15+/m1/s1.